The van der Waals surface area contributed by atoms with Crippen molar-refractivity contribution in [3.8, 4) is 0 Å². The molecule has 0 fully saturated rings. The first-order chi connectivity index (χ1) is 9.92. The molecule has 6 nitrogen and oxygen atoms in total. The van der Waals surface area contributed by atoms with Crippen LogP contribution < -0.4 is 5.32 Å². The smallest absolute Gasteiger partial charge is 0.254 e. The van der Waals surface area contributed by atoms with Crippen molar-refractivity contribution in [3.05, 3.63) is 55.1 Å². The number of benzene rings is 1. The Labute approximate surface area is 114 Å². The molecule has 0 spiro atoms. The number of hydrogen-bond acceptors (Lipinski definition) is 5. The van der Waals surface area contributed by atoms with Gasteiger partial charge in [-0.3, -0.25) is 4.98 Å². The first kappa shape index (κ1) is 10.9. The van der Waals surface area contributed by atoms with Gasteiger partial charge >= 0.3 is 0 Å². The number of anilines is 2. The molecule has 3 heterocycles. The highest BCUT2D eigenvalue weighted by atomic mass is 15.3. The average molecular weight is 262 g/mol. The molecule has 1 N–H and O–H groups in total. The van der Waals surface area contributed by atoms with Gasteiger partial charge in [-0.2, -0.15) is 14.6 Å². The van der Waals surface area contributed by atoms with Crippen LogP contribution in [-0.4, -0.2) is 24.6 Å². The van der Waals surface area contributed by atoms with Gasteiger partial charge in [0.1, 0.15) is 12.1 Å². The Balaban J connectivity index is 1.87. The van der Waals surface area contributed by atoms with E-state index < -0.39 is 0 Å². The largest absolute Gasteiger partial charge is 0.338 e. The zero-order chi connectivity index (χ0) is 13.4. The summed E-state index contributed by atoms with van der Waals surface area (Å²) in [6, 6.07) is 11.8. The van der Waals surface area contributed by atoms with E-state index in [1.54, 1.807) is 16.9 Å². The van der Waals surface area contributed by atoms with Crippen molar-refractivity contribution in [1.29, 1.82) is 0 Å². The van der Waals surface area contributed by atoms with Gasteiger partial charge in [-0.25, -0.2) is 4.98 Å². The number of fused-ring (bicyclic) bond motifs is 2. The van der Waals surface area contributed by atoms with E-state index in [1.807, 2.05) is 36.4 Å². The van der Waals surface area contributed by atoms with Crippen molar-refractivity contribution >= 4 is 28.2 Å². The molecular weight excluding hydrogens is 252 g/mol. The summed E-state index contributed by atoms with van der Waals surface area (Å²) in [7, 11) is 0. The lowest BCUT2D eigenvalue weighted by Gasteiger charge is -2.09. The van der Waals surface area contributed by atoms with Crippen molar-refractivity contribution in [2.24, 2.45) is 0 Å². The lowest BCUT2D eigenvalue weighted by atomic mass is 10.2. The number of rotatable bonds is 2. The van der Waals surface area contributed by atoms with Gasteiger partial charge in [0.2, 0.25) is 0 Å². The number of para-hydroxylation sites is 1. The molecule has 3 aromatic heterocycles. The second kappa shape index (κ2) is 4.27. The van der Waals surface area contributed by atoms with Crippen molar-refractivity contribution in [2.75, 3.05) is 5.32 Å². The number of nitrogens with zero attached hydrogens (tertiary/aromatic N) is 5. The van der Waals surface area contributed by atoms with Crippen molar-refractivity contribution in [1.82, 2.24) is 24.6 Å². The van der Waals surface area contributed by atoms with Crippen LogP contribution in [0.3, 0.4) is 0 Å². The molecule has 0 saturated carbocycles. The van der Waals surface area contributed by atoms with Gasteiger partial charge in [0.25, 0.3) is 5.78 Å². The second-order valence-electron chi connectivity index (χ2n) is 4.31. The van der Waals surface area contributed by atoms with Crippen LogP contribution in [0.25, 0.3) is 16.7 Å². The van der Waals surface area contributed by atoms with E-state index in [0.717, 1.165) is 22.4 Å². The summed E-state index contributed by atoms with van der Waals surface area (Å²) in [5.74, 6) is 1.36. The molecule has 1 aromatic carbocycles. The fraction of sp³-hybridized carbons (Fsp3) is 0. The molecule has 0 aliphatic heterocycles. The fourth-order valence-electron chi connectivity index (χ4n) is 2.18. The van der Waals surface area contributed by atoms with Crippen LogP contribution in [0.1, 0.15) is 0 Å². The highest BCUT2D eigenvalue weighted by Gasteiger charge is 2.06. The molecule has 4 aromatic rings. The Morgan fingerprint density at radius 1 is 0.900 bits per heavy atom. The summed E-state index contributed by atoms with van der Waals surface area (Å²) in [6.07, 6.45) is 4.96. The van der Waals surface area contributed by atoms with Gasteiger partial charge in [0.15, 0.2) is 0 Å². The summed E-state index contributed by atoms with van der Waals surface area (Å²) in [6.45, 7) is 0. The Morgan fingerprint density at radius 2 is 1.85 bits per heavy atom. The minimum Gasteiger partial charge on any atom is -0.338 e. The van der Waals surface area contributed by atoms with Crippen LogP contribution in [0.15, 0.2) is 55.1 Å². The molecular formula is C14H10N6. The van der Waals surface area contributed by atoms with Crippen molar-refractivity contribution < 1.29 is 0 Å². The summed E-state index contributed by atoms with van der Waals surface area (Å²) in [5.41, 5.74) is 1.84. The summed E-state index contributed by atoms with van der Waals surface area (Å²) >= 11 is 0. The third kappa shape index (κ3) is 1.66. The van der Waals surface area contributed by atoms with Crippen molar-refractivity contribution in [2.45, 2.75) is 0 Å². The Hall–Kier alpha value is -3.02. The van der Waals surface area contributed by atoms with Crippen LogP contribution in [0.5, 0.6) is 0 Å². The van der Waals surface area contributed by atoms with Crippen LogP contribution in [0.4, 0.5) is 11.5 Å². The van der Waals surface area contributed by atoms with Gasteiger partial charge in [-0.05, 0) is 18.2 Å². The standard InChI is InChI=1S/C14H10N6/c1-3-10-4-2-7-15-13(10)11(5-1)19-12-6-8-16-14-17-9-18-20(12)14/h1-9,19H. The highest BCUT2D eigenvalue weighted by Crippen LogP contribution is 2.24. The summed E-state index contributed by atoms with van der Waals surface area (Å²) in [5, 5.41) is 8.57. The topological polar surface area (TPSA) is 68.0 Å². The molecule has 0 unspecified atom stereocenters. The minimum absolute atomic E-state index is 0.559. The molecule has 0 aliphatic rings. The number of hydrogen-bond donors (Lipinski definition) is 1. The molecule has 20 heavy (non-hydrogen) atoms. The fourth-order valence-corrected chi connectivity index (χ4v) is 2.18. The van der Waals surface area contributed by atoms with Gasteiger partial charge < -0.3 is 5.32 Å². The maximum absolute atomic E-state index is 4.42. The average Bonchev–Trinajstić information content (AvgIpc) is 2.97. The van der Waals surface area contributed by atoms with Crippen LogP contribution in [-0.2, 0) is 0 Å². The molecule has 4 rings (SSSR count). The van der Waals surface area contributed by atoms with E-state index in [0.29, 0.717) is 5.78 Å². The van der Waals surface area contributed by atoms with Gasteiger partial charge in [0.05, 0.1) is 11.2 Å². The minimum atomic E-state index is 0.559. The van der Waals surface area contributed by atoms with Crippen LogP contribution >= 0.6 is 0 Å². The Bertz CT molecular complexity index is 893. The maximum atomic E-state index is 4.42. The number of aromatic nitrogens is 5. The first-order valence-corrected chi connectivity index (χ1v) is 6.17. The predicted octanol–water partition coefficient (Wildman–Crippen LogP) is 2.42. The van der Waals surface area contributed by atoms with E-state index in [4.69, 9.17) is 0 Å². The molecule has 0 amide bonds. The molecule has 96 valence electrons. The Morgan fingerprint density at radius 3 is 2.85 bits per heavy atom. The van der Waals surface area contributed by atoms with E-state index in [9.17, 15) is 0 Å². The van der Waals surface area contributed by atoms with Gasteiger partial charge in [0, 0.05) is 17.8 Å². The normalized spacial score (nSPS) is 11.0. The molecule has 6 heteroatoms. The van der Waals surface area contributed by atoms with E-state index in [2.05, 4.69) is 25.4 Å². The lowest BCUT2D eigenvalue weighted by molar-refractivity contribution is 0.947. The monoisotopic (exact) mass is 262 g/mol. The predicted molar refractivity (Wildman–Crippen MR) is 75.8 cm³/mol. The molecule has 0 aliphatic carbocycles. The Kier molecular flexibility index (Phi) is 2.32. The van der Waals surface area contributed by atoms with E-state index >= 15 is 0 Å². The van der Waals surface area contributed by atoms with Gasteiger partial charge in [-0.15, -0.1) is 0 Å². The summed E-state index contributed by atoms with van der Waals surface area (Å²) < 4.78 is 1.65. The molecule has 0 bridgehead atoms. The zero-order valence-electron chi connectivity index (χ0n) is 10.4. The molecule has 0 radical (unpaired) electrons. The number of pyridine rings is 1. The van der Waals surface area contributed by atoms with E-state index in [-0.39, 0.29) is 0 Å². The van der Waals surface area contributed by atoms with Crippen LogP contribution in [0.2, 0.25) is 0 Å². The number of nitrogens with one attached hydrogen (secondary N) is 1. The quantitative estimate of drug-likeness (QED) is 0.601. The van der Waals surface area contributed by atoms with Crippen LogP contribution in [0, 0.1) is 0 Å². The highest BCUT2D eigenvalue weighted by molar-refractivity contribution is 5.91. The SMILES string of the molecule is c1cnc2c(Nc3ccnc4ncnn34)cccc2c1. The first-order valence-electron chi connectivity index (χ1n) is 6.17. The van der Waals surface area contributed by atoms with Crippen molar-refractivity contribution in [3.63, 3.8) is 0 Å². The van der Waals surface area contributed by atoms with E-state index in [1.165, 1.54) is 6.33 Å². The van der Waals surface area contributed by atoms with Gasteiger partial charge in [-0.1, -0.05) is 18.2 Å². The third-order valence-corrected chi connectivity index (χ3v) is 3.08. The molecule has 0 atom stereocenters. The molecule has 0 saturated heterocycles. The lowest BCUT2D eigenvalue weighted by Crippen LogP contribution is -2.01. The summed E-state index contributed by atoms with van der Waals surface area (Å²) in [4.78, 5) is 12.6. The third-order valence-electron chi connectivity index (χ3n) is 3.08. The maximum Gasteiger partial charge on any atom is 0.254 e. The second-order valence-corrected chi connectivity index (χ2v) is 4.31. The zero-order valence-corrected chi connectivity index (χ0v) is 10.4.